The maximum absolute atomic E-state index is 9.65. The summed E-state index contributed by atoms with van der Waals surface area (Å²) in [5.41, 5.74) is 5.32. The van der Waals surface area contributed by atoms with Crippen molar-refractivity contribution in [2.24, 2.45) is 10.7 Å². The molecule has 0 aromatic carbocycles. The standard InChI is InChI=1S/C8H14N2O5/c9-8-10-3(2-14-8)7-6(13)5(12)4(1-11)15-7/h3-7,11-13H,1-2H2,(H2,9,10)/t3?,4-,5-,6+,7?/m1/s1. The second-order valence-electron chi connectivity index (χ2n) is 3.65. The summed E-state index contributed by atoms with van der Waals surface area (Å²) in [7, 11) is 0. The number of rotatable bonds is 2. The maximum Gasteiger partial charge on any atom is 0.282 e. The van der Waals surface area contributed by atoms with Crippen LogP contribution in [0.25, 0.3) is 0 Å². The van der Waals surface area contributed by atoms with E-state index >= 15 is 0 Å². The van der Waals surface area contributed by atoms with Crippen LogP contribution in [0.5, 0.6) is 0 Å². The lowest BCUT2D eigenvalue weighted by molar-refractivity contribution is -0.0312. The molecule has 2 rings (SSSR count). The third kappa shape index (κ3) is 1.78. The highest BCUT2D eigenvalue weighted by molar-refractivity contribution is 5.73. The predicted octanol–water partition coefficient (Wildman–Crippen LogP) is -2.82. The Labute approximate surface area is 86.1 Å². The smallest absolute Gasteiger partial charge is 0.282 e. The number of ether oxygens (including phenoxy) is 2. The molecule has 2 aliphatic rings. The molecule has 0 spiro atoms. The average molecular weight is 218 g/mol. The van der Waals surface area contributed by atoms with E-state index in [0.717, 1.165) is 0 Å². The number of aliphatic hydroxyl groups is 3. The monoisotopic (exact) mass is 218 g/mol. The molecule has 5 N–H and O–H groups in total. The van der Waals surface area contributed by atoms with Gasteiger partial charge in [-0.25, -0.2) is 4.99 Å². The molecule has 7 heteroatoms. The summed E-state index contributed by atoms with van der Waals surface area (Å²) in [6, 6.07) is -0.371. The Kier molecular flexibility index (Phi) is 2.79. The number of nitrogens with zero attached hydrogens (tertiary/aromatic N) is 1. The summed E-state index contributed by atoms with van der Waals surface area (Å²) in [5, 5.41) is 28.0. The highest BCUT2D eigenvalue weighted by atomic mass is 16.6. The van der Waals surface area contributed by atoms with Crippen molar-refractivity contribution in [1.82, 2.24) is 0 Å². The topological polar surface area (TPSA) is 118 Å². The molecule has 2 heterocycles. The van der Waals surface area contributed by atoms with Crippen molar-refractivity contribution in [3.05, 3.63) is 0 Å². The second-order valence-corrected chi connectivity index (χ2v) is 3.65. The van der Waals surface area contributed by atoms with Crippen LogP contribution >= 0.6 is 0 Å². The number of hydrogen-bond acceptors (Lipinski definition) is 7. The molecule has 0 aliphatic carbocycles. The van der Waals surface area contributed by atoms with E-state index in [0.29, 0.717) is 0 Å². The van der Waals surface area contributed by atoms with E-state index in [1.165, 1.54) is 0 Å². The molecule has 0 radical (unpaired) electrons. The Morgan fingerprint density at radius 1 is 1.40 bits per heavy atom. The van der Waals surface area contributed by atoms with Crippen molar-refractivity contribution in [2.75, 3.05) is 13.2 Å². The first kappa shape index (κ1) is 10.6. The average Bonchev–Trinajstić information content (AvgIpc) is 2.74. The van der Waals surface area contributed by atoms with Crippen molar-refractivity contribution in [3.8, 4) is 0 Å². The minimum absolute atomic E-state index is 0.0535. The van der Waals surface area contributed by atoms with Gasteiger partial charge in [0.05, 0.1) is 6.61 Å². The van der Waals surface area contributed by atoms with Crippen LogP contribution in [0.4, 0.5) is 0 Å². The van der Waals surface area contributed by atoms with Gasteiger partial charge < -0.3 is 30.5 Å². The molecular formula is C8H14N2O5. The van der Waals surface area contributed by atoms with E-state index in [2.05, 4.69) is 4.99 Å². The zero-order valence-electron chi connectivity index (χ0n) is 7.98. The summed E-state index contributed by atoms with van der Waals surface area (Å²) in [6.07, 6.45) is -3.64. The molecule has 15 heavy (non-hydrogen) atoms. The Hall–Kier alpha value is -0.890. The number of nitrogens with two attached hydrogens (primary N) is 1. The fraction of sp³-hybridized carbons (Fsp3) is 0.875. The fourth-order valence-electron chi connectivity index (χ4n) is 1.82. The minimum atomic E-state index is -1.10. The lowest BCUT2D eigenvalue weighted by Crippen LogP contribution is -2.38. The van der Waals surface area contributed by atoms with E-state index < -0.39 is 30.5 Å². The largest absolute Gasteiger partial charge is 0.463 e. The molecule has 7 nitrogen and oxygen atoms in total. The Morgan fingerprint density at radius 2 is 2.13 bits per heavy atom. The zero-order chi connectivity index (χ0) is 11.0. The molecule has 5 atom stereocenters. The van der Waals surface area contributed by atoms with Crippen LogP contribution in [0.1, 0.15) is 0 Å². The molecule has 0 aromatic heterocycles. The van der Waals surface area contributed by atoms with Gasteiger partial charge >= 0.3 is 0 Å². The van der Waals surface area contributed by atoms with Gasteiger partial charge in [0.1, 0.15) is 37.1 Å². The third-order valence-corrected chi connectivity index (χ3v) is 2.65. The first-order chi connectivity index (χ1) is 7.13. The molecule has 2 aliphatic heterocycles. The lowest BCUT2D eigenvalue weighted by atomic mass is 10.0. The van der Waals surface area contributed by atoms with Crippen molar-refractivity contribution < 1.29 is 24.8 Å². The second kappa shape index (κ2) is 3.93. The summed E-state index contributed by atoms with van der Waals surface area (Å²) in [6.45, 7) is -0.125. The highest BCUT2D eigenvalue weighted by Gasteiger charge is 2.47. The number of hydrogen-bond donors (Lipinski definition) is 4. The molecule has 86 valence electrons. The van der Waals surface area contributed by atoms with E-state index in [1.807, 2.05) is 0 Å². The summed E-state index contributed by atoms with van der Waals surface area (Å²) >= 11 is 0. The van der Waals surface area contributed by atoms with Gasteiger partial charge in [-0.1, -0.05) is 0 Å². The van der Waals surface area contributed by atoms with Gasteiger partial charge in [-0.3, -0.25) is 0 Å². The van der Waals surface area contributed by atoms with E-state index in [1.54, 1.807) is 0 Å². The van der Waals surface area contributed by atoms with Gasteiger partial charge in [0.15, 0.2) is 0 Å². The zero-order valence-corrected chi connectivity index (χ0v) is 7.98. The Balaban J connectivity index is 2.05. The summed E-state index contributed by atoms with van der Waals surface area (Å²) in [4.78, 5) is 3.92. The van der Waals surface area contributed by atoms with Crippen LogP contribution in [-0.4, -0.2) is 65.0 Å². The van der Waals surface area contributed by atoms with Crippen molar-refractivity contribution >= 4 is 6.02 Å². The molecule has 0 bridgehead atoms. The van der Waals surface area contributed by atoms with Gasteiger partial charge in [0, 0.05) is 0 Å². The molecular weight excluding hydrogens is 204 g/mol. The quantitative estimate of drug-likeness (QED) is 0.397. The molecule has 1 saturated heterocycles. The van der Waals surface area contributed by atoms with Crippen LogP contribution < -0.4 is 5.73 Å². The highest BCUT2D eigenvalue weighted by Crippen LogP contribution is 2.26. The van der Waals surface area contributed by atoms with E-state index in [-0.39, 0.29) is 19.2 Å². The first-order valence-electron chi connectivity index (χ1n) is 4.72. The van der Waals surface area contributed by atoms with Gasteiger partial charge in [-0.05, 0) is 0 Å². The third-order valence-electron chi connectivity index (χ3n) is 2.65. The molecule has 0 saturated carbocycles. The summed E-state index contributed by atoms with van der Waals surface area (Å²) < 4.78 is 10.2. The number of aliphatic imine (C=N–C) groups is 1. The lowest BCUT2D eigenvalue weighted by Gasteiger charge is -2.17. The van der Waals surface area contributed by atoms with Crippen molar-refractivity contribution in [2.45, 2.75) is 30.5 Å². The molecule has 1 fully saturated rings. The Bertz CT molecular complexity index is 272. The van der Waals surface area contributed by atoms with Crippen LogP contribution in [0, 0.1) is 0 Å². The van der Waals surface area contributed by atoms with E-state index in [4.69, 9.17) is 20.3 Å². The SMILES string of the molecule is NC1=NC(C2O[C@H](CO)[C@@H](O)[C@@H]2O)CO1. The van der Waals surface area contributed by atoms with Crippen LogP contribution in [0.3, 0.4) is 0 Å². The summed E-state index contributed by atoms with van der Waals surface area (Å²) in [5.74, 6) is 0. The van der Waals surface area contributed by atoms with E-state index in [9.17, 15) is 10.2 Å². The number of amidine groups is 1. The predicted molar refractivity (Wildman–Crippen MR) is 49.1 cm³/mol. The normalized spacial score (nSPS) is 45.3. The van der Waals surface area contributed by atoms with Gasteiger partial charge in [-0.15, -0.1) is 0 Å². The van der Waals surface area contributed by atoms with Crippen molar-refractivity contribution in [1.29, 1.82) is 0 Å². The fourth-order valence-corrected chi connectivity index (χ4v) is 1.82. The van der Waals surface area contributed by atoms with Crippen LogP contribution in [0.15, 0.2) is 4.99 Å². The Morgan fingerprint density at radius 3 is 2.60 bits per heavy atom. The van der Waals surface area contributed by atoms with Gasteiger partial charge in [0.2, 0.25) is 0 Å². The molecule has 0 aromatic rings. The molecule has 2 unspecified atom stereocenters. The van der Waals surface area contributed by atoms with Gasteiger partial charge in [-0.2, -0.15) is 0 Å². The van der Waals surface area contributed by atoms with Crippen LogP contribution in [0.2, 0.25) is 0 Å². The first-order valence-corrected chi connectivity index (χ1v) is 4.72. The van der Waals surface area contributed by atoms with Crippen molar-refractivity contribution in [3.63, 3.8) is 0 Å². The molecule has 0 amide bonds. The maximum atomic E-state index is 9.65. The number of aliphatic hydroxyl groups excluding tert-OH is 3. The minimum Gasteiger partial charge on any atom is -0.463 e. The van der Waals surface area contributed by atoms with Gasteiger partial charge in [0.25, 0.3) is 6.02 Å². The van der Waals surface area contributed by atoms with Crippen LogP contribution in [-0.2, 0) is 9.47 Å².